The average molecular weight is 442 g/mol. The summed E-state index contributed by atoms with van der Waals surface area (Å²) < 4.78 is 19.2. The highest BCUT2D eigenvalue weighted by molar-refractivity contribution is 9.10. The van der Waals surface area contributed by atoms with E-state index in [1.807, 2.05) is 0 Å². The molecule has 5 nitrogen and oxygen atoms in total. The number of rotatable bonds is 3. The zero-order chi connectivity index (χ0) is 19.0. The van der Waals surface area contributed by atoms with E-state index in [1.165, 1.54) is 12.1 Å². The van der Waals surface area contributed by atoms with E-state index in [4.69, 9.17) is 16.3 Å². The summed E-state index contributed by atoms with van der Waals surface area (Å²) in [4.78, 5) is 26.9. The van der Waals surface area contributed by atoms with Gasteiger partial charge in [0.05, 0.1) is 22.3 Å². The fourth-order valence-corrected chi connectivity index (χ4v) is 3.76. The first-order valence-corrected chi connectivity index (χ1v) is 9.03. The summed E-state index contributed by atoms with van der Waals surface area (Å²) in [5.74, 6) is -1.55. The molecule has 2 heterocycles. The van der Waals surface area contributed by atoms with Crippen LogP contribution < -0.4 is 10.9 Å². The number of hydrogen-bond donors (Lipinski definition) is 2. The molecule has 1 aromatic heterocycles. The maximum Gasteiger partial charge on any atom is 0.336 e. The van der Waals surface area contributed by atoms with E-state index in [1.54, 1.807) is 26.0 Å². The maximum absolute atomic E-state index is 13.7. The van der Waals surface area contributed by atoms with Gasteiger partial charge in [0.2, 0.25) is 0 Å². The quantitative estimate of drug-likeness (QED) is 0.549. The molecule has 0 fully saturated rings. The molecule has 0 saturated heterocycles. The van der Waals surface area contributed by atoms with Gasteiger partial charge in [0.15, 0.2) is 0 Å². The van der Waals surface area contributed by atoms with Crippen LogP contribution in [0.1, 0.15) is 30.9 Å². The Morgan fingerprint density at radius 3 is 2.77 bits per heavy atom. The van der Waals surface area contributed by atoms with Crippen LogP contribution >= 0.6 is 27.5 Å². The molecule has 0 radical (unpaired) electrons. The molecule has 0 aliphatic carbocycles. The Bertz CT molecular complexity index is 987. The highest BCUT2D eigenvalue weighted by Gasteiger charge is 2.35. The van der Waals surface area contributed by atoms with Gasteiger partial charge in [0.1, 0.15) is 11.0 Å². The molecular formula is C18H15BrClFN2O3. The molecule has 3 rings (SSSR count). The third-order valence-electron chi connectivity index (χ3n) is 4.11. The minimum atomic E-state index is -0.619. The monoisotopic (exact) mass is 440 g/mol. The molecule has 8 heteroatoms. The zero-order valence-corrected chi connectivity index (χ0v) is 16.3. The van der Waals surface area contributed by atoms with Crippen molar-refractivity contribution in [3.05, 3.63) is 72.5 Å². The summed E-state index contributed by atoms with van der Waals surface area (Å²) in [7, 11) is 0. The number of ether oxygens (including phenoxy) is 1. The van der Waals surface area contributed by atoms with Crippen LogP contribution in [0.3, 0.4) is 0 Å². The maximum atomic E-state index is 13.7. The predicted octanol–water partition coefficient (Wildman–Crippen LogP) is 4.32. The lowest BCUT2D eigenvalue weighted by molar-refractivity contribution is -0.138. The van der Waals surface area contributed by atoms with E-state index in [0.29, 0.717) is 28.1 Å². The van der Waals surface area contributed by atoms with E-state index in [-0.39, 0.29) is 21.8 Å². The summed E-state index contributed by atoms with van der Waals surface area (Å²) in [6.07, 6.45) is 0. The Labute approximate surface area is 162 Å². The Morgan fingerprint density at radius 2 is 2.12 bits per heavy atom. The number of fused-ring (bicyclic) bond motifs is 1. The van der Waals surface area contributed by atoms with Gasteiger partial charge in [-0.05, 0) is 47.5 Å². The highest BCUT2D eigenvalue weighted by atomic mass is 79.9. The molecular weight excluding hydrogens is 427 g/mol. The molecule has 0 amide bonds. The lowest BCUT2D eigenvalue weighted by atomic mass is 9.81. The molecule has 1 aromatic carbocycles. The summed E-state index contributed by atoms with van der Waals surface area (Å²) in [6, 6.07) is 5.84. The second-order valence-corrected chi connectivity index (χ2v) is 7.00. The Hall–Kier alpha value is -2.12. The molecule has 26 heavy (non-hydrogen) atoms. The van der Waals surface area contributed by atoms with E-state index in [0.717, 1.165) is 0 Å². The number of halogens is 3. The fourth-order valence-electron chi connectivity index (χ4n) is 3.06. The Balaban J connectivity index is 2.28. The topological polar surface area (TPSA) is 71.2 Å². The molecule has 0 saturated carbocycles. The number of H-pyrrole nitrogens is 1. The second kappa shape index (κ2) is 7.25. The summed E-state index contributed by atoms with van der Waals surface area (Å²) in [5.41, 5.74) is 2.19. The van der Waals surface area contributed by atoms with Gasteiger partial charge < -0.3 is 15.0 Å². The van der Waals surface area contributed by atoms with Gasteiger partial charge in [0.25, 0.3) is 5.56 Å². The van der Waals surface area contributed by atoms with Crippen LogP contribution in [0.2, 0.25) is 5.15 Å². The first-order chi connectivity index (χ1) is 12.3. The number of hydrogen-bond acceptors (Lipinski definition) is 4. The van der Waals surface area contributed by atoms with Crippen molar-refractivity contribution >= 4 is 39.2 Å². The van der Waals surface area contributed by atoms with Gasteiger partial charge in [-0.2, -0.15) is 0 Å². The van der Waals surface area contributed by atoms with Gasteiger partial charge in [-0.25, -0.2) is 9.18 Å². The number of aromatic nitrogens is 1. The third-order valence-corrected chi connectivity index (χ3v) is 5.02. The molecule has 1 aliphatic heterocycles. The minimum absolute atomic E-state index is 0.111. The van der Waals surface area contributed by atoms with Crippen LogP contribution in [0.5, 0.6) is 0 Å². The lowest BCUT2D eigenvalue weighted by Crippen LogP contribution is -2.26. The molecule has 136 valence electrons. The van der Waals surface area contributed by atoms with Crippen molar-refractivity contribution in [3.63, 3.8) is 0 Å². The predicted molar refractivity (Wildman–Crippen MR) is 101 cm³/mol. The highest BCUT2D eigenvalue weighted by Crippen LogP contribution is 2.44. The van der Waals surface area contributed by atoms with Crippen molar-refractivity contribution in [1.82, 2.24) is 4.98 Å². The summed E-state index contributed by atoms with van der Waals surface area (Å²) in [6.45, 7) is 3.64. The van der Waals surface area contributed by atoms with Gasteiger partial charge in [-0.1, -0.05) is 17.7 Å². The number of nitrogens with one attached hydrogen (secondary N) is 2. The van der Waals surface area contributed by atoms with Gasteiger partial charge in [0, 0.05) is 23.2 Å². The van der Waals surface area contributed by atoms with Crippen LogP contribution in [-0.2, 0) is 9.53 Å². The van der Waals surface area contributed by atoms with Crippen molar-refractivity contribution in [2.75, 3.05) is 11.9 Å². The van der Waals surface area contributed by atoms with Crippen molar-refractivity contribution in [2.45, 2.75) is 19.8 Å². The Kier molecular flexibility index (Phi) is 5.20. The molecule has 2 aromatic rings. The van der Waals surface area contributed by atoms with Crippen LogP contribution in [0.4, 0.5) is 10.1 Å². The van der Waals surface area contributed by atoms with E-state index < -0.39 is 17.7 Å². The van der Waals surface area contributed by atoms with Crippen LogP contribution in [0.15, 0.2) is 44.8 Å². The molecule has 2 N–H and O–H groups in total. The minimum Gasteiger partial charge on any atom is -0.463 e. The van der Waals surface area contributed by atoms with Crippen LogP contribution in [0.25, 0.3) is 0 Å². The number of esters is 1. The summed E-state index contributed by atoms with van der Waals surface area (Å²) >= 11 is 9.47. The molecule has 1 atom stereocenters. The van der Waals surface area contributed by atoms with Crippen molar-refractivity contribution in [1.29, 1.82) is 0 Å². The number of carbonyl (C=O) groups is 1. The number of pyridine rings is 1. The third kappa shape index (κ3) is 3.29. The standard InChI is InChI=1S/C18H15BrClFN2O3/c1-3-26-18(25)14-8(2)22-12-7-13(24)23-17(20)16(12)15(14)9-4-5-11(21)10(19)6-9/h4-7,15,22H,3H2,1-2H3,(H,23,24). The van der Waals surface area contributed by atoms with Crippen molar-refractivity contribution in [3.8, 4) is 0 Å². The second-order valence-electron chi connectivity index (χ2n) is 5.77. The first-order valence-electron chi connectivity index (χ1n) is 7.86. The number of allylic oxidation sites excluding steroid dienone is 1. The van der Waals surface area contributed by atoms with Crippen LogP contribution in [0, 0.1) is 5.82 Å². The number of carbonyl (C=O) groups excluding carboxylic acids is 1. The van der Waals surface area contributed by atoms with Gasteiger partial charge in [-0.15, -0.1) is 0 Å². The SMILES string of the molecule is CCOC(=O)C1=C(C)Nc2cc(=O)[nH]c(Cl)c2C1c1ccc(F)c(Br)c1. The number of benzene rings is 1. The summed E-state index contributed by atoms with van der Waals surface area (Å²) in [5, 5.41) is 3.16. The van der Waals surface area contributed by atoms with Gasteiger partial charge in [-0.3, -0.25) is 4.79 Å². The molecule has 0 spiro atoms. The average Bonchev–Trinajstić information content (AvgIpc) is 2.56. The number of aromatic amines is 1. The largest absolute Gasteiger partial charge is 0.463 e. The lowest BCUT2D eigenvalue weighted by Gasteiger charge is -2.30. The smallest absolute Gasteiger partial charge is 0.336 e. The fraction of sp³-hybridized carbons (Fsp3) is 0.222. The zero-order valence-electron chi connectivity index (χ0n) is 14.0. The van der Waals surface area contributed by atoms with Crippen molar-refractivity contribution < 1.29 is 13.9 Å². The Morgan fingerprint density at radius 1 is 1.38 bits per heavy atom. The van der Waals surface area contributed by atoms with Crippen LogP contribution in [-0.4, -0.2) is 17.6 Å². The van der Waals surface area contributed by atoms with E-state index >= 15 is 0 Å². The van der Waals surface area contributed by atoms with E-state index in [9.17, 15) is 14.0 Å². The van der Waals surface area contributed by atoms with Gasteiger partial charge >= 0.3 is 5.97 Å². The molecule has 1 unspecified atom stereocenters. The first kappa shape index (κ1) is 18.7. The number of anilines is 1. The molecule has 1 aliphatic rings. The van der Waals surface area contributed by atoms with E-state index in [2.05, 4.69) is 26.2 Å². The molecule has 0 bridgehead atoms. The van der Waals surface area contributed by atoms with Crippen molar-refractivity contribution in [2.24, 2.45) is 0 Å². The normalized spacial score (nSPS) is 16.1.